The highest BCUT2D eigenvalue weighted by Gasteiger charge is 2.32. The molecule has 1 aliphatic rings. The molecule has 1 saturated heterocycles. The third-order valence-corrected chi connectivity index (χ3v) is 6.45. The van der Waals surface area contributed by atoms with Crippen LogP contribution in [0.5, 0.6) is 0 Å². The van der Waals surface area contributed by atoms with Crippen molar-refractivity contribution >= 4 is 15.7 Å². The van der Waals surface area contributed by atoms with Crippen molar-refractivity contribution in [2.24, 2.45) is 0 Å². The van der Waals surface area contributed by atoms with Crippen molar-refractivity contribution in [3.63, 3.8) is 0 Å². The maximum atomic E-state index is 13.1. The summed E-state index contributed by atoms with van der Waals surface area (Å²) in [6.07, 6.45) is 5.30. The number of hydrogen-bond acceptors (Lipinski definition) is 4. The molecule has 7 heteroatoms. The van der Waals surface area contributed by atoms with E-state index in [1.807, 2.05) is 32.0 Å². The number of piperidine rings is 1. The molecule has 0 saturated carbocycles. The maximum absolute atomic E-state index is 13.1. The van der Waals surface area contributed by atoms with Crippen LogP contribution in [-0.4, -0.2) is 49.9 Å². The van der Waals surface area contributed by atoms with Crippen molar-refractivity contribution < 1.29 is 8.42 Å². The van der Waals surface area contributed by atoms with Gasteiger partial charge in [-0.25, -0.2) is 13.4 Å². The highest BCUT2D eigenvalue weighted by atomic mass is 32.2. The van der Waals surface area contributed by atoms with Crippen LogP contribution in [0, 0.1) is 6.92 Å². The molecule has 0 aliphatic carbocycles. The molecule has 0 bridgehead atoms. The minimum atomic E-state index is -3.49. The van der Waals surface area contributed by atoms with Gasteiger partial charge in [0.2, 0.25) is 10.0 Å². The molecule has 24 heavy (non-hydrogen) atoms. The summed E-state index contributed by atoms with van der Waals surface area (Å²) in [4.78, 5) is 9.70. The highest BCUT2D eigenvalue weighted by molar-refractivity contribution is 7.89. The molecule has 1 fully saturated rings. The van der Waals surface area contributed by atoms with Crippen LogP contribution in [0.25, 0.3) is 0 Å². The standard InChI is InChI=1S/C17H24N4O2S/c1-13-6-7-15(11-16(13)20(2)3)24(22,23)21-10-4-5-14(12-21)17-18-8-9-19-17/h6-9,11,14H,4-5,10,12H2,1-3H3,(H,18,19). The fourth-order valence-electron chi connectivity index (χ4n) is 3.27. The third-order valence-electron chi connectivity index (χ3n) is 4.59. The van der Waals surface area contributed by atoms with Gasteiger partial charge in [0.1, 0.15) is 5.82 Å². The fraction of sp³-hybridized carbons (Fsp3) is 0.471. The second-order valence-corrected chi connectivity index (χ2v) is 8.46. The molecule has 1 unspecified atom stereocenters. The van der Waals surface area contributed by atoms with E-state index < -0.39 is 10.0 Å². The van der Waals surface area contributed by atoms with Gasteiger partial charge >= 0.3 is 0 Å². The Bertz CT molecular complexity index is 800. The van der Waals surface area contributed by atoms with E-state index in [-0.39, 0.29) is 5.92 Å². The normalized spacial score (nSPS) is 19.4. The first-order chi connectivity index (χ1) is 11.4. The first-order valence-electron chi connectivity index (χ1n) is 8.17. The number of H-pyrrole nitrogens is 1. The number of aryl methyl sites for hydroxylation is 1. The summed E-state index contributed by atoms with van der Waals surface area (Å²) >= 11 is 0. The lowest BCUT2D eigenvalue weighted by molar-refractivity contribution is 0.310. The van der Waals surface area contributed by atoms with Crippen LogP contribution >= 0.6 is 0 Å². The number of nitrogens with zero attached hydrogens (tertiary/aromatic N) is 3. The van der Waals surface area contributed by atoms with Crippen LogP contribution in [0.1, 0.15) is 30.1 Å². The number of sulfonamides is 1. The van der Waals surface area contributed by atoms with Crippen molar-refractivity contribution in [3.05, 3.63) is 42.0 Å². The summed E-state index contributed by atoms with van der Waals surface area (Å²) < 4.78 is 27.7. The molecule has 130 valence electrons. The molecule has 1 atom stereocenters. The van der Waals surface area contributed by atoms with Crippen LogP contribution < -0.4 is 4.90 Å². The van der Waals surface area contributed by atoms with Crippen LogP contribution in [0.2, 0.25) is 0 Å². The molecule has 2 aromatic rings. The molecule has 1 N–H and O–H groups in total. The first-order valence-corrected chi connectivity index (χ1v) is 9.61. The fourth-order valence-corrected chi connectivity index (χ4v) is 4.81. The Morgan fingerprint density at radius 3 is 2.79 bits per heavy atom. The van der Waals surface area contributed by atoms with Gasteiger partial charge < -0.3 is 9.88 Å². The molecule has 0 radical (unpaired) electrons. The van der Waals surface area contributed by atoms with E-state index >= 15 is 0 Å². The smallest absolute Gasteiger partial charge is 0.243 e. The summed E-state index contributed by atoms with van der Waals surface area (Å²) in [5.74, 6) is 0.995. The number of imidazole rings is 1. The second kappa shape index (κ2) is 6.57. The van der Waals surface area contributed by atoms with Gasteiger partial charge in [-0.2, -0.15) is 4.31 Å². The van der Waals surface area contributed by atoms with Gasteiger partial charge in [-0.3, -0.25) is 0 Å². The molecule has 1 aliphatic heterocycles. The number of benzene rings is 1. The lowest BCUT2D eigenvalue weighted by atomic mass is 9.99. The SMILES string of the molecule is Cc1ccc(S(=O)(=O)N2CCCC(c3ncc[nH]3)C2)cc1N(C)C. The molecular formula is C17H24N4O2S. The summed E-state index contributed by atoms with van der Waals surface area (Å²) in [5, 5.41) is 0. The number of aromatic nitrogens is 2. The van der Waals surface area contributed by atoms with E-state index in [0.717, 1.165) is 29.9 Å². The Kier molecular flexibility index (Phi) is 4.64. The van der Waals surface area contributed by atoms with Crippen molar-refractivity contribution in [3.8, 4) is 0 Å². The van der Waals surface area contributed by atoms with E-state index in [2.05, 4.69) is 9.97 Å². The molecule has 1 aromatic heterocycles. The summed E-state index contributed by atoms with van der Waals surface area (Å²) in [7, 11) is 0.353. The van der Waals surface area contributed by atoms with Crippen molar-refractivity contribution in [1.82, 2.24) is 14.3 Å². The molecule has 2 heterocycles. The van der Waals surface area contributed by atoms with Crippen LogP contribution in [0.15, 0.2) is 35.5 Å². The number of anilines is 1. The Balaban J connectivity index is 1.89. The Labute approximate surface area is 143 Å². The van der Waals surface area contributed by atoms with Gasteiger partial charge in [-0.05, 0) is 37.5 Å². The lowest BCUT2D eigenvalue weighted by Gasteiger charge is -2.31. The maximum Gasteiger partial charge on any atom is 0.243 e. The Morgan fingerprint density at radius 1 is 1.33 bits per heavy atom. The Hall–Kier alpha value is -1.86. The van der Waals surface area contributed by atoms with E-state index in [1.54, 1.807) is 28.8 Å². The minimum Gasteiger partial charge on any atom is -0.377 e. The van der Waals surface area contributed by atoms with Crippen molar-refractivity contribution in [2.45, 2.75) is 30.6 Å². The predicted octanol–water partition coefficient (Wildman–Crippen LogP) is 2.35. The molecule has 0 spiro atoms. The largest absolute Gasteiger partial charge is 0.377 e. The Morgan fingerprint density at radius 2 is 2.12 bits per heavy atom. The van der Waals surface area contributed by atoms with Gasteiger partial charge in [-0.1, -0.05) is 6.07 Å². The van der Waals surface area contributed by atoms with Gasteiger partial charge in [0.05, 0.1) is 4.90 Å². The number of nitrogens with one attached hydrogen (secondary N) is 1. The average molecular weight is 348 g/mol. The summed E-state index contributed by atoms with van der Waals surface area (Å²) in [6.45, 7) is 3.02. The number of rotatable bonds is 4. The molecule has 6 nitrogen and oxygen atoms in total. The molecule has 0 amide bonds. The van der Waals surface area contributed by atoms with E-state index in [9.17, 15) is 8.42 Å². The van der Waals surface area contributed by atoms with Crippen molar-refractivity contribution in [1.29, 1.82) is 0 Å². The molecule has 1 aromatic carbocycles. The van der Waals surface area contributed by atoms with Crippen LogP contribution in [0.4, 0.5) is 5.69 Å². The van der Waals surface area contributed by atoms with Gasteiger partial charge in [-0.15, -0.1) is 0 Å². The highest BCUT2D eigenvalue weighted by Crippen LogP contribution is 2.30. The van der Waals surface area contributed by atoms with E-state index in [1.165, 1.54) is 0 Å². The quantitative estimate of drug-likeness (QED) is 0.921. The van der Waals surface area contributed by atoms with Crippen LogP contribution in [0.3, 0.4) is 0 Å². The van der Waals surface area contributed by atoms with Gasteiger partial charge in [0.25, 0.3) is 0 Å². The zero-order chi connectivity index (χ0) is 17.3. The molecule has 3 rings (SSSR count). The van der Waals surface area contributed by atoms with E-state index in [0.29, 0.717) is 18.0 Å². The zero-order valence-electron chi connectivity index (χ0n) is 14.4. The van der Waals surface area contributed by atoms with E-state index in [4.69, 9.17) is 0 Å². The minimum absolute atomic E-state index is 0.127. The topological polar surface area (TPSA) is 69.3 Å². The second-order valence-electron chi connectivity index (χ2n) is 6.52. The predicted molar refractivity (Wildman–Crippen MR) is 94.8 cm³/mol. The zero-order valence-corrected chi connectivity index (χ0v) is 15.2. The number of aromatic amines is 1. The first kappa shape index (κ1) is 17.0. The third kappa shape index (κ3) is 3.18. The lowest BCUT2D eigenvalue weighted by Crippen LogP contribution is -2.39. The number of hydrogen-bond donors (Lipinski definition) is 1. The van der Waals surface area contributed by atoms with Crippen LogP contribution in [-0.2, 0) is 10.0 Å². The van der Waals surface area contributed by atoms with Gasteiger partial charge in [0, 0.05) is 51.2 Å². The van der Waals surface area contributed by atoms with Gasteiger partial charge in [0.15, 0.2) is 0 Å². The molecular weight excluding hydrogens is 324 g/mol. The summed E-state index contributed by atoms with van der Waals surface area (Å²) in [6, 6.07) is 5.34. The van der Waals surface area contributed by atoms with Crippen molar-refractivity contribution in [2.75, 3.05) is 32.1 Å². The average Bonchev–Trinajstić information content (AvgIpc) is 3.09. The monoisotopic (exact) mass is 348 g/mol. The summed E-state index contributed by atoms with van der Waals surface area (Å²) in [5.41, 5.74) is 1.99.